The third-order valence-corrected chi connectivity index (χ3v) is 3.32. The number of hydrogen-bond donors (Lipinski definition) is 1. The van der Waals surface area contributed by atoms with Crippen LogP contribution in [0.15, 0.2) is 35.3 Å². The molecule has 2 aliphatic heterocycles. The van der Waals surface area contributed by atoms with Crippen LogP contribution in [0.4, 0.5) is 0 Å². The first-order valence-electron chi connectivity index (χ1n) is 6.70. The molecule has 2 rings (SSSR count). The third kappa shape index (κ3) is 3.04. The molecule has 0 aromatic rings. The second-order valence-electron chi connectivity index (χ2n) is 5.16. The third-order valence-electron chi connectivity index (χ3n) is 3.32. The van der Waals surface area contributed by atoms with Crippen molar-refractivity contribution >= 4 is 17.7 Å². The summed E-state index contributed by atoms with van der Waals surface area (Å²) >= 11 is 0. The molecule has 0 spiro atoms. The number of carboxylic acid groups (broad SMARTS) is 1. The van der Waals surface area contributed by atoms with Crippen LogP contribution in [0, 0.1) is 0 Å². The van der Waals surface area contributed by atoms with E-state index in [4.69, 9.17) is 9.84 Å². The van der Waals surface area contributed by atoms with Gasteiger partial charge in [-0.3, -0.25) is 4.79 Å². The number of esters is 1. The number of carbonyl (C=O) groups is 3. The predicted molar refractivity (Wildman–Crippen MR) is 72.0 cm³/mol. The minimum atomic E-state index is -1.35. The van der Waals surface area contributed by atoms with Crippen molar-refractivity contribution in [3.63, 3.8) is 0 Å². The number of unbranched alkanes of at least 4 members (excludes halogenated alkanes) is 1. The number of cyclic esters (lactones) is 1. The number of aliphatic carboxylic acids is 1. The van der Waals surface area contributed by atoms with Crippen LogP contribution in [0.2, 0.25) is 0 Å². The fourth-order valence-corrected chi connectivity index (χ4v) is 2.20. The normalized spacial score (nSPS) is 29.9. The van der Waals surface area contributed by atoms with E-state index in [0.29, 0.717) is 6.08 Å². The molecule has 1 saturated heterocycles. The Bertz CT molecular complexity index is 595. The maximum Gasteiger partial charge on any atom is 0.351 e. The number of ketones is 1. The molecule has 112 valence electrons. The Labute approximate surface area is 121 Å². The lowest BCUT2D eigenvalue weighted by Gasteiger charge is -2.22. The van der Waals surface area contributed by atoms with Gasteiger partial charge >= 0.3 is 11.9 Å². The average Bonchev–Trinajstić information content (AvgIpc) is 2.89. The molecule has 0 aromatic carbocycles. The Balaban J connectivity index is 2.26. The summed E-state index contributed by atoms with van der Waals surface area (Å²) in [6.07, 6.45) is 6.65. The first-order valence-corrected chi connectivity index (χ1v) is 6.70. The summed E-state index contributed by atoms with van der Waals surface area (Å²) in [6, 6.07) is 0. The first-order chi connectivity index (χ1) is 9.86. The second-order valence-corrected chi connectivity index (χ2v) is 5.16. The van der Waals surface area contributed by atoms with Gasteiger partial charge in [0.2, 0.25) is 5.78 Å². The van der Waals surface area contributed by atoms with E-state index < -0.39 is 29.1 Å². The van der Waals surface area contributed by atoms with E-state index in [1.807, 2.05) is 6.92 Å². The van der Waals surface area contributed by atoms with Gasteiger partial charge < -0.3 is 14.6 Å². The van der Waals surface area contributed by atoms with Gasteiger partial charge in [-0.1, -0.05) is 13.3 Å². The van der Waals surface area contributed by atoms with E-state index in [1.165, 1.54) is 0 Å². The van der Waals surface area contributed by atoms with Gasteiger partial charge in [0, 0.05) is 0 Å². The number of Topliss-reactive ketones (excluding diaryl/α,β-unsaturated/α-hetero) is 1. The van der Waals surface area contributed by atoms with Crippen LogP contribution < -0.4 is 0 Å². The molecule has 6 nitrogen and oxygen atoms in total. The van der Waals surface area contributed by atoms with E-state index >= 15 is 0 Å². The van der Waals surface area contributed by atoms with Gasteiger partial charge in [0.1, 0.15) is 11.4 Å². The Morgan fingerprint density at radius 2 is 2.14 bits per heavy atom. The fraction of sp³-hybridized carbons (Fsp3) is 0.400. The van der Waals surface area contributed by atoms with Gasteiger partial charge in [-0.05, 0) is 31.9 Å². The Morgan fingerprint density at radius 3 is 2.76 bits per heavy atom. The van der Waals surface area contributed by atoms with Crippen LogP contribution in [0.3, 0.4) is 0 Å². The van der Waals surface area contributed by atoms with Crippen LogP contribution in [0.25, 0.3) is 0 Å². The lowest BCUT2D eigenvalue weighted by molar-refractivity contribution is -0.133. The van der Waals surface area contributed by atoms with Crippen LogP contribution in [-0.4, -0.2) is 28.4 Å². The lowest BCUT2D eigenvalue weighted by Crippen LogP contribution is -2.22. The molecule has 2 aliphatic rings. The smallest absolute Gasteiger partial charge is 0.351 e. The molecule has 6 heteroatoms. The maximum absolute atomic E-state index is 12.0. The van der Waals surface area contributed by atoms with Gasteiger partial charge in [0.25, 0.3) is 0 Å². The number of carbonyl (C=O) groups excluding carboxylic acids is 2. The van der Waals surface area contributed by atoms with Crippen molar-refractivity contribution < 1.29 is 29.0 Å². The summed E-state index contributed by atoms with van der Waals surface area (Å²) in [5.41, 5.74) is -0.808. The van der Waals surface area contributed by atoms with Gasteiger partial charge in [-0.2, -0.15) is 0 Å². The van der Waals surface area contributed by atoms with Gasteiger partial charge in [0.05, 0.1) is 6.08 Å². The van der Waals surface area contributed by atoms with E-state index in [9.17, 15) is 14.4 Å². The van der Waals surface area contributed by atoms with Crippen molar-refractivity contribution in [3.05, 3.63) is 35.3 Å². The van der Waals surface area contributed by atoms with Gasteiger partial charge in [-0.15, -0.1) is 0 Å². The van der Waals surface area contributed by atoms with Crippen LogP contribution >= 0.6 is 0 Å². The molecule has 0 radical (unpaired) electrons. The van der Waals surface area contributed by atoms with Gasteiger partial charge in [0.15, 0.2) is 11.3 Å². The molecule has 1 N–H and O–H groups in total. The zero-order valence-electron chi connectivity index (χ0n) is 11.8. The Hall–Kier alpha value is -2.37. The zero-order chi connectivity index (χ0) is 15.6. The summed E-state index contributed by atoms with van der Waals surface area (Å²) in [5, 5.41) is 8.63. The number of allylic oxidation sites excluding steroid dienone is 2. The highest BCUT2D eigenvalue weighted by Gasteiger charge is 2.41. The van der Waals surface area contributed by atoms with Gasteiger partial charge in [-0.25, -0.2) is 9.59 Å². The lowest BCUT2D eigenvalue weighted by atomic mass is 10.00. The van der Waals surface area contributed by atoms with Crippen molar-refractivity contribution in [2.45, 2.75) is 38.7 Å². The Kier molecular flexibility index (Phi) is 3.97. The molecule has 1 unspecified atom stereocenters. The SMILES string of the molecule is CCCCC1(C)C=C/C(=C2/C(=O)O/C(=C/C(=O)O)C2=O)O1. The average molecular weight is 292 g/mol. The minimum absolute atomic E-state index is 0.136. The number of hydrogen-bond acceptors (Lipinski definition) is 5. The van der Waals surface area contributed by atoms with Crippen molar-refractivity contribution in [1.82, 2.24) is 0 Å². The standard InChI is InChI=1S/C15H16O6/c1-3-4-6-15(2)7-5-9(21-15)12-13(18)10(8-11(16)17)20-14(12)19/h5,7-8H,3-4,6H2,1-2H3,(H,16,17)/b10-8+,12-9-. The molecule has 0 aliphatic carbocycles. The van der Waals surface area contributed by atoms with Crippen molar-refractivity contribution in [2.24, 2.45) is 0 Å². The second kappa shape index (κ2) is 5.55. The highest BCUT2D eigenvalue weighted by atomic mass is 16.6. The predicted octanol–water partition coefficient (Wildman–Crippen LogP) is 1.87. The number of ether oxygens (including phenoxy) is 2. The summed E-state index contributed by atoms with van der Waals surface area (Å²) < 4.78 is 10.4. The number of carboxylic acids is 1. The molecule has 1 atom stereocenters. The summed E-state index contributed by atoms with van der Waals surface area (Å²) in [5.74, 6) is -3.35. The highest BCUT2D eigenvalue weighted by molar-refractivity contribution is 6.29. The van der Waals surface area contributed by atoms with Crippen molar-refractivity contribution in [1.29, 1.82) is 0 Å². The zero-order valence-corrected chi connectivity index (χ0v) is 11.8. The van der Waals surface area contributed by atoms with E-state index in [0.717, 1.165) is 19.3 Å². The molecular weight excluding hydrogens is 276 g/mol. The van der Waals surface area contributed by atoms with E-state index in [-0.39, 0.29) is 11.3 Å². The summed E-state index contributed by atoms with van der Waals surface area (Å²) in [6.45, 7) is 3.92. The molecule has 0 aromatic heterocycles. The minimum Gasteiger partial charge on any atom is -0.482 e. The van der Waals surface area contributed by atoms with Crippen LogP contribution in [-0.2, 0) is 23.9 Å². The monoisotopic (exact) mass is 292 g/mol. The fourth-order valence-electron chi connectivity index (χ4n) is 2.20. The molecular formula is C15H16O6. The molecule has 1 fully saturated rings. The maximum atomic E-state index is 12.0. The van der Waals surface area contributed by atoms with E-state index in [2.05, 4.69) is 11.7 Å². The van der Waals surface area contributed by atoms with Crippen molar-refractivity contribution in [3.8, 4) is 0 Å². The summed E-state index contributed by atoms with van der Waals surface area (Å²) in [7, 11) is 0. The molecule has 0 amide bonds. The van der Waals surface area contributed by atoms with Crippen LogP contribution in [0.5, 0.6) is 0 Å². The first kappa shape index (κ1) is 15.0. The Morgan fingerprint density at radius 1 is 1.43 bits per heavy atom. The molecule has 21 heavy (non-hydrogen) atoms. The summed E-state index contributed by atoms with van der Waals surface area (Å²) in [4.78, 5) is 34.3. The highest BCUT2D eigenvalue weighted by Crippen LogP contribution is 2.34. The molecule has 2 heterocycles. The van der Waals surface area contributed by atoms with Crippen molar-refractivity contribution in [2.75, 3.05) is 0 Å². The topological polar surface area (TPSA) is 89.9 Å². The molecule has 0 saturated carbocycles. The number of rotatable bonds is 4. The van der Waals surface area contributed by atoms with Crippen LogP contribution in [0.1, 0.15) is 33.1 Å². The molecule has 0 bridgehead atoms. The largest absolute Gasteiger partial charge is 0.482 e. The quantitative estimate of drug-likeness (QED) is 0.483. The van der Waals surface area contributed by atoms with E-state index in [1.54, 1.807) is 12.2 Å².